The molecule has 8 heteroatoms. The average Bonchev–Trinajstić information content (AvgIpc) is 3.14. The van der Waals surface area contributed by atoms with Gasteiger partial charge in [-0.1, -0.05) is 29.1 Å². The number of thioether (sulfide) groups is 1. The van der Waals surface area contributed by atoms with Gasteiger partial charge in [0.1, 0.15) is 29.2 Å². The third-order valence-electron chi connectivity index (χ3n) is 3.98. The molecular weight excluding hydrogens is 390 g/mol. The summed E-state index contributed by atoms with van der Waals surface area (Å²) in [6.07, 6.45) is 0.808. The van der Waals surface area contributed by atoms with Crippen LogP contribution in [-0.2, 0) is 5.75 Å². The summed E-state index contributed by atoms with van der Waals surface area (Å²) >= 11 is 1.40. The molecule has 1 aromatic carbocycles. The largest absolute Gasteiger partial charge is 0.491 e. The van der Waals surface area contributed by atoms with E-state index < -0.39 is 6.10 Å². The summed E-state index contributed by atoms with van der Waals surface area (Å²) < 4.78 is 10.6. The Kier molecular flexibility index (Phi) is 7.26. The van der Waals surface area contributed by atoms with E-state index >= 15 is 0 Å². The molecule has 0 fully saturated rings. The molecule has 2 N–H and O–H groups in total. The van der Waals surface area contributed by atoms with Crippen molar-refractivity contribution in [2.75, 3.05) is 13.2 Å². The number of carbonyl (C=O) groups excluding carboxylic acids is 1. The van der Waals surface area contributed by atoms with Gasteiger partial charge in [0.15, 0.2) is 0 Å². The van der Waals surface area contributed by atoms with E-state index in [1.165, 1.54) is 11.8 Å². The van der Waals surface area contributed by atoms with Gasteiger partial charge in [-0.15, -0.1) is 0 Å². The number of amides is 1. The zero-order chi connectivity index (χ0) is 20.6. The molecule has 0 aliphatic heterocycles. The van der Waals surface area contributed by atoms with Crippen molar-refractivity contribution < 1.29 is 19.2 Å². The molecule has 1 amide bonds. The fraction of sp³-hybridized carbons (Fsp3) is 0.286. The molecule has 0 aliphatic rings. The van der Waals surface area contributed by atoms with Crippen LogP contribution < -0.4 is 10.1 Å². The molecule has 1 unspecified atom stereocenters. The summed E-state index contributed by atoms with van der Waals surface area (Å²) in [6.45, 7) is 3.96. The lowest BCUT2D eigenvalue weighted by molar-refractivity contribution is 0.0841. The molecule has 3 rings (SSSR count). The van der Waals surface area contributed by atoms with Gasteiger partial charge in [0, 0.05) is 24.6 Å². The van der Waals surface area contributed by atoms with Crippen LogP contribution in [0.1, 0.15) is 27.4 Å². The molecule has 2 aromatic heterocycles. The summed E-state index contributed by atoms with van der Waals surface area (Å²) in [7, 11) is 0. The van der Waals surface area contributed by atoms with Crippen molar-refractivity contribution in [3.05, 3.63) is 71.2 Å². The highest BCUT2D eigenvalue weighted by molar-refractivity contribution is 7.98. The van der Waals surface area contributed by atoms with Crippen LogP contribution in [0.15, 0.2) is 58.2 Å². The van der Waals surface area contributed by atoms with Crippen LogP contribution in [0.25, 0.3) is 0 Å². The maximum absolute atomic E-state index is 12.6. The number of nitrogens with one attached hydrogen (secondary N) is 1. The molecule has 0 saturated heterocycles. The number of rotatable bonds is 9. The van der Waals surface area contributed by atoms with Gasteiger partial charge in [0.25, 0.3) is 5.91 Å². The van der Waals surface area contributed by atoms with Crippen molar-refractivity contribution in [2.45, 2.75) is 30.7 Å². The highest BCUT2D eigenvalue weighted by atomic mass is 32.2. The molecule has 0 aliphatic carbocycles. The molecule has 0 bridgehead atoms. The number of aromatic nitrogens is 2. The van der Waals surface area contributed by atoms with Gasteiger partial charge in [0.05, 0.1) is 11.3 Å². The summed E-state index contributed by atoms with van der Waals surface area (Å²) in [6, 6.07) is 12.8. The second-order valence-electron chi connectivity index (χ2n) is 6.57. The minimum Gasteiger partial charge on any atom is -0.491 e. The van der Waals surface area contributed by atoms with Crippen molar-refractivity contribution >= 4 is 17.7 Å². The van der Waals surface area contributed by atoms with E-state index in [1.54, 1.807) is 18.3 Å². The van der Waals surface area contributed by atoms with Crippen molar-refractivity contribution in [3.8, 4) is 5.75 Å². The fourth-order valence-corrected chi connectivity index (χ4v) is 3.44. The monoisotopic (exact) mass is 413 g/mol. The summed E-state index contributed by atoms with van der Waals surface area (Å²) in [5, 5.41) is 17.4. The van der Waals surface area contributed by atoms with Crippen molar-refractivity contribution in [3.63, 3.8) is 0 Å². The fourth-order valence-electron chi connectivity index (χ4n) is 2.57. The predicted molar refractivity (Wildman–Crippen MR) is 110 cm³/mol. The topological polar surface area (TPSA) is 97.5 Å². The molecule has 0 saturated carbocycles. The van der Waals surface area contributed by atoms with Gasteiger partial charge < -0.3 is 19.7 Å². The Bertz CT molecular complexity index is 960. The van der Waals surface area contributed by atoms with Crippen LogP contribution in [0.4, 0.5) is 0 Å². The number of carbonyl (C=O) groups is 1. The Morgan fingerprint density at radius 2 is 2.14 bits per heavy atom. The Morgan fingerprint density at radius 1 is 1.28 bits per heavy atom. The van der Waals surface area contributed by atoms with Crippen LogP contribution in [0.3, 0.4) is 0 Å². The maximum Gasteiger partial charge on any atom is 0.254 e. The molecule has 0 spiro atoms. The normalized spacial score (nSPS) is 11.8. The Labute approximate surface area is 173 Å². The van der Waals surface area contributed by atoms with Crippen molar-refractivity contribution in [2.24, 2.45) is 0 Å². The van der Waals surface area contributed by atoms with Crippen LogP contribution in [0, 0.1) is 13.8 Å². The molecular formula is C21H23N3O4S. The van der Waals surface area contributed by atoms with Crippen LogP contribution in [0.5, 0.6) is 5.75 Å². The smallest absolute Gasteiger partial charge is 0.254 e. The van der Waals surface area contributed by atoms with E-state index in [1.807, 2.05) is 44.2 Å². The van der Waals surface area contributed by atoms with E-state index in [-0.39, 0.29) is 19.1 Å². The first-order valence-electron chi connectivity index (χ1n) is 9.17. The molecule has 152 valence electrons. The van der Waals surface area contributed by atoms with Gasteiger partial charge in [-0.05, 0) is 43.7 Å². The molecule has 7 nitrogen and oxygen atoms in total. The quantitative estimate of drug-likeness (QED) is 0.520. The first-order chi connectivity index (χ1) is 14.0. The molecule has 0 radical (unpaired) electrons. The Morgan fingerprint density at radius 3 is 2.90 bits per heavy atom. The third kappa shape index (κ3) is 6.33. The van der Waals surface area contributed by atoms with Gasteiger partial charge in [-0.3, -0.25) is 4.79 Å². The number of aryl methyl sites for hydroxylation is 2. The lowest BCUT2D eigenvalue weighted by Crippen LogP contribution is -2.35. The first-order valence-corrected chi connectivity index (χ1v) is 10.2. The van der Waals surface area contributed by atoms with Gasteiger partial charge in [0.2, 0.25) is 0 Å². The average molecular weight is 413 g/mol. The van der Waals surface area contributed by atoms with E-state index in [9.17, 15) is 9.90 Å². The lowest BCUT2D eigenvalue weighted by Gasteiger charge is -2.14. The van der Waals surface area contributed by atoms with E-state index in [4.69, 9.17) is 9.26 Å². The first kappa shape index (κ1) is 20.9. The number of ether oxygens (including phenoxy) is 1. The molecule has 2 heterocycles. The zero-order valence-corrected chi connectivity index (χ0v) is 17.1. The summed E-state index contributed by atoms with van der Waals surface area (Å²) in [5.41, 5.74) is 2.31. The number of pyridine rings is 1. The number of aliphatic hydroxyl groups is 1. The van der Waals surface area contributed by atoms with Crippen molar-refractivity contribution in [1.29, 1.82) is 0 Å². The van der Waals surface area contributed by atoms with Crippen LogP contribution in [0.2, 0.25) is 0 Å². The van der Waals surface area contributed by atoms with E-state index in [0.717, 1.165) is 17.0 Å². The van der Waals surface area contributed by atoms with E-state index in [0.29, 0.717) is 22.1 Å². The summed E-state index contributed by atoms with van der Waals surface area (Å²) in [5.74, 6) is 1.67. The number of aliphatic hydroxyl groups excluding tert-OH is 1. The minimum atomic E-state index is -0.828. The van der Waals surface area contributed by atoms with Crippen LogP contribution in [-0.4, -0.2) is 40.4 Å². The minimum absolute atomic E-state index is 0.0755. The van der Waals surface area contributed by atoms with Gasteiger partial charge in [-0.2, -0.15) is 0 Å². The highest BCUT2D eigenvalue weighted by Gasteiger charge is 2.15. The van der Waals surface area contributed by atoms with Crippen molar-refractivity contribution in [1.82, 2.24) is 15.5 Å². The number of nitrogens with zero attached hydrogens (tertiary/aromatic N) is 2. The number of hydrogen-bond acceptors (Lipinski definition) is 7. The SMILES string of the molecule is Cc1cccc(OCC(O)CNC(=O)c2cccnc2SCc2cc(C)on2)c1. The highest BCUT2D eigenvalue weighted by Crippen LogP contribution is 2.24. The second-order valence-corrected chi connectivity index (χ2v) is 7.53. The molecule has 3 aromatic rings. The lowest BCUT2D eigenvalue weighted by atomic mass is 10.2. The molecule has 29 heavy (non-hydrogen) atoms. The predicted octanol–water partition coefficient (Wildman–Crippen LogP) is 3.15. The zero-order valence-electron chi connectivity index (χ0n) is 16.3. The number of hydrogen-bond donors (Lipinski definition) is 2. The van der Waals surface area contributed by atoms with E-state index in [2.05, 4.69) is 15.5 Å². The Balaban J connectivity index is 1.51. The van der Waals surface area contributed by atoms with Crippen LogP contribution >= 0.6 is 11.8 Å². The van der Waals surface area contributed by atoms with Gasteiger partial charge >= 0.3 is 0 Å². The summed E-state index contributed by atoms with van der Waals surface area (Å²) in [4.78, 5) is 16.8. The Hall–Kier alpha value is -2.84. The maximum atomic E-state index is 12.6. The molecule has 1 atom stereocenters. The number of benzene rings is 1. The van der Waals surface area contributed by atoms with Gasteiger partial charge in [-0.25, -0.2) is 4.98 Å². The third-order valence-corrected chi connectivity index (χ3v) is 5.02. The second kappa shape index (κ2) is 10.1. The standard InChI is InChI=1S/C21H23N3O4S/c1-14-5-3-6-18(9-14)27-12-17(25)11-23-20(26)19-7-4-8-22-21(19)29-13-16-10-15(2)28-24-16/h3-10,17,25H,11-13H2,1-2H3,(H,23,26).